The minimum Gasteiger partial charge on any atom is -0.0811 e. The Hall–Kier alpha value is 0.220. The lowest BCUT2D eigenvalue weighted by Crippen LogP contribution is -2.09. The van der Waals surface area contributed by atoms with Crippen LogP contribution >= 0.6 is 15.9 Å². The molecule has 0 aliphatic heterocycles. The SMILES string of the molecule is CCC(C)(Br)C=C(C)C. The van der Waals surface area contributed by atoms with E-state index in [4.69, 9.17) is 0 Å². The Labute approximate surface area is 66.5 Å². The van der Waals surface area contributed by atoms with Crippen LogP contribution in [0.3, 0.4) is 0 Å². The fraction of sp³-hybridized carbons (Fsp3) is 0.750. The van der Waals surface area contributed by atoms with E-state index >= 15 is 0 Å². The van der Waals surface area contributed by atoms with E-state index in [1.54, 1.807) is 0 Å². The monoisotopic (exact) mass is 190 g/mol. The van der Waals surface area contributed by atoms with Gasteiger partial charge in [0, 0.05) is 4.32 Å². The Kier molecular flexibility index (Phi) is 3.49. The Bertz CT molecular complexity index is 108. The second-order valence-corrected chi connectivity index (χ2v) is 4.66. The van der Waals surface area contributed by atoms with Crippen LogP contribution in [0.15, 0.2) is 11.6 Å². The maximum absolute atomic E-state index is 3.61. The molecule has 0 bridgehead atoms. The van der Waals surface area contributed by atoms with Crippen molar-refractivity contribution < 1.29 is 0 Å². The van der Waals surface area contributed by atoms with Crippen molar-refractivity contribution in [3.05, 3.63) is 11.6 Å². The minimum absolute atomic E-state index is 0.214. The number of halogens is 1. The zero-order chi connectivity index (χ0) is 7.49. The van der Waals surface area contributed by atoms with Gasteiger partial charge in [0.15, 0.2) is 0 Å². The standard InChI is InChI=1S/C8H15Br/c1-5-8(4,9)6-7(2)3/h6H,5H2,1-4H3. The zero-order valence-electron chi connectivity index (χ0n) is 6.66. The molecule has 0 rings (SSSR count). The molecular formula is C8H15Br. The first kappa shape index (κ1) is 9.22. The lowest BCUT2D eigenvalue weighted by molar-refractivity contribution is 0.765. The predicted molar refractivity (Wildman–Crippen MR) is 47.1 cm³/mol. The van der Waals surface area contributed by atoms with E-state index in [0.29, 0.717) is 0 Å². The van der Waals surface area contributed by atoms with E-state index in [1.165, 1.54) is 5.57 Å². The van der Waals surface area contributed by atoms with Gasteiger partial charge in [0.1, 0.15) is 0 Å². The summed E-state index contributed by atoms with van der Waals surface area (Å²) in [7, 11) is 0. The summed E-state index contributed by atoms with van der Waals surface area (Å²) in [5.74, 6) is 0. The highest BCUT2D eigenvalue weighted by molar-refractivity contribution is 9.10. The van der Waals surface area contributed by atoms with Gasteiger partial charge in [-0.15, -0.1) is 0 Å². The first-order chi connectivity index (χ1) is 3.98. The molecule has 0 aliphatic rings. The lowest BCUT2D eigenvalue weighted by Gasteiger charge is -2.15. The second kappa shape index (κ2) is 3.40. The predicted octanol–water partition coefficient (Wildman–Crippen LogP) is 3.52. The van der Waals surface area contributed by atoms with Crippen LogP contribution in [-0.4, -0.2) is 4.32 Å². The Morgan fingerprint density at radius 1 is 1.56 bits per heavy atom. The molecule has 0 saturated carbocycles. The molecule has 0 aromatic carbocycles. The summed E-state index contributed by atoms with van der Waals surface area (Å²) in [5, 5.41) is 0. The van der Waals surface area contributed by atoms with Gasteiger partial charge in [-0.05, 0) is 27.2 Å². The van der Waals surface area contributed by atoms with Gasteiger partial charge >= 0.3 is 0 Å². The highest BCUT2D eigenvalue weighted by Gasteiger charge is 2.12. The average molecular weight is 191 g/mol. The number of allylic oxidation sites excluding steroid dienone is 2. The van der Waals surface area contributed by atoms with Crippen LogP contribution in [-0.2, 0) is 0 Å². The molecule has 1 unspecified atom stereocenters. The van der Waals surface area contributed by atoms with Gasteiger partial charge in [0.05, 0.1) is 0 Å². The van der Waals surface area contributed by atoms with Crippen LogP contribution in [0.5, 0.6) is 0 Å². The summed E-state index contributed by atoms with van der Waals surface area (Å²) in [6.45, 7) is 8.60. The first-order valence-corrected chi connectivity index (χ1v) is 4.12. The minimum atomic E-state index is 0.214. The van der Waals surface area contributed by atoms with Crippen molar-refractivity contribution in [2.24, 2.45) is 0 Å². The third kappa shape index (κ3) is 4.71. The number of alkyl halides is 1. The van der Waals surface area contributed by atoms with Gasteiger partial charge in [-0.2, -0.15) is 0 Å². The van der Waals surface area contributed by atoms with Crippen LogP contribution in [0.25, 0.3) is 0 Å². The third-order valence-corrected chi connectivity index (χ3v) is 2.07. The summed E-state index contributed by atoms with van der Waals surface area (Å²) in [4.78, 5) is 0. The molecule has 1 atom stereocenters. The van der Waals surface area contributed by atoms with E-state index in [9.17, 15) is 0 Å². The topological polar surface area (TPSA) is 0 Å². The highest BCUT2D eigenvalue weighted by atomic mass is 79.9. The highest BCUT2D eigenvalue weighted by Crippen LogP contribution is 2.24. The van der Waals surface area contributed by atoms with Crippen LogP contribution in [0.4, 0.5) is 0 Å². The molecule has 0 nitrogen and oxygen atoms in total. The molecule has 0 N–H and O–H groups in total. The quantitative estimate of drug-likeness (QED) is 0.462. The van der Waals surface area contributed by atoms with Gasteiger partial charge in [-0.25, -0.2) is 0 Å². The molecule has 0 aliphatic carbocycles. The van der Waals surface area contributed by atoms with Crippen molar-refractivity contribution in [3.63, 3.8) is 0 Å². The van der Waals surface area contributed by atoms with Gasteiger partial charge in [-0.1, -0.05) is 34.5 Å². The first-order valence-electron chi connectivity index (χ1n) is 3.33. The van der Waals surface area contributed by atoms with Gasteiger partial charge < -0.3 is 0 Å². The Balaban J connectivity index is 4.01. The van der Waals surface area contributed by atoms with Gasteiger partial charge in [-0.3, -0.25) is 0 Å². The summed E-state index contributed by atoms with van der Waals surface area (Å²) < 4.78 is 0.214. The maximum Gasteiger partial charge on any atom is 0.0408 e. The van der Waals surface area contributed by atoms with Crippen molar-refractivity contribution in [1.82, 2.24) is 0 Å². The molecule has 0 aromatic heterocycles. The van der Waals surface area contributed by atoms with Crippen molar-refractivity contribution in [2.75, 3.05) is 0 Å². The van der Waals surface area contributed by atoms with E-state index in [-0.39, 0.29) is 4.32 Å². The molecular weight excluding hydrogens is 176 g/mol. The molecule has 0 heterocycles. The zero-order valence-corrected chi connectivity index (χ0v) is 8.25. The molecule has 9 heavy (non-hydrogen) atoms. The van der Waals surface area contributed by atoms with Crippen molar-refractivity contribution in [3.8, 4) is 0 Å². The van der Waals surface area contributed by atoms with Crippen LogP contribution < -0.4 is 0 Å². The number of hydrogen-bond acceptors (Lipinski definition) is 0. The third-order valence-electron chi connectivity index (χ3n) is 1.28. The van der Waals surface area contributed by atoms with E-state index in [0.717, 1.165) is 6.42 Å². The lowest BCUT2D eigenvalue weighted by atomic mass is 10.1. The molecule has 54 valence electrons. The molecule has 0 spiro atoms. The number of rotatable bonds is 2. The fourth-order valence-electron chi connectivity index (χ4n) is 0.704. The largest absolute Gasteiger partial charge is 0.0811 e. The Morgan fingerprint density at radius 3 is 2.11 bits per heavy atom. The molecule has 0 fully saturated rings. The molecule has 1 heteroatoms. The van der Waals surface area contributed by atoms with E-state index in [2.05, 4.69) is 49.7 Å². The summed E-state index contributed by atoms with van der Waals surface area (Å²) in [5.41, 5.74) is 1.37. The van der Waals surface area contributed by atoms with Gasteiger partial charge in [0.2, 0.25) is 0 Å². The summed E-state index contributed by atoms with van der Waals surface area (Å²) >= 11 is 3.61. The fourth-order valence-corrected chi connectivity index (χ4v) is 1.16. The van der Waals surface area contributed by atoms with Crippen LogP contribution in [0.2, 0.25) is 0 Å². The van der Waals surface area contributed by atoms with Crippen LogP contribution in [0, 0.1) is 0 Å². The Morgan fingerprint density at radius 2 is 2.00 bits per heavy atom. The molecule has 0 radical (unpaired) electrons. The number of hydrogen-bond donors (Lipinski definition) is 0. The smallest absolute Gasteiger partial charge is 0.0408 e. The van der Waals surface area contributed by atoms with Gasteiger partial charge in [0.25, 0.3) is 0 Å². The molecule has 0 aromatic rings. The summed E-state index contributed by atoms with van der Waals surface area (Å²) in [6.07, 6.45) is 3.38. The van der Waals surface area contributed by atoms with E-state index in [1.807, 2.05) is 0 Å². The maximum atomic E-state index is 3.61. The molecule has 0 saturated heterocycles. The van der Waals surface area contributed by atoms with Crippen molar-refractivity contribution in [1.29, 1.82) is 0 Å². The molecule has 0 amide bonds. The van der Waals surface area contributed by atoms with Crippen molar-refractivity contribution >= 4 is 15.9 Å². The van der Waals surface area contributed by atoms with Crippen molar-refractivity contribution in [2.45, 2.75) is 38.4 Å². The normalized spacial score (nSPS) is 16.6. The summed E-state index contributed by atoms with van der Waals surface area (Å²) in [6, 6.07) is 0. The van der Waals surface area contributed by atoms with E-state index < -0.39 is 0 Å². The average Bonchev–Trinajstić information content (AvgIpc) is 1.63. The second-order valence-electron chi connectivity index (χ2n) is 2.85. The van der Waals surface area contributed by atoms with Crippen LogP contribution in [0.1, 0.15) is 34.1 Å².